The Hall–Kier alpha value is -0.290. The lowest BCUT2D eigenvalue weighted by Crippen LogP contribution is -2.42. The Morgan fingerprint density at radius 2 is 1.89 bits per heavy atom. The highest BCUT2D eigenvalue weighted by Crippen LogP contribution is 2.24. The lowest BCUT2D eigenvalue weighted by Gasteiger charge is -2.32. The molecule has 108 valence electrons. The second-order valence-corrected chi connectivity index (χ2v) is 5.09. The highest BCUT2D eigenvalue weighted by atomic mass is 19.4. The van der Waals surface area contributed by atoms with Crippen LogP contribution in [0.1, 0.15) is 52.4 Å². The Morgan fingerprint density at radius 1 is 1.22 bits per heavy atom. The van der Waals surface area contributed by atoms with Crippen LogP contribution in [0.4, 0.5) is 13.2 Å². The third-order valence-corrected chi connectivity index (χ3v) is 3.57. The van der Waals surface area contributed by atoms with Crippen molar-refractivity contribution < 1.29 is 17.9 Å². The first-order valence-electron chi connectivity index (χ1n) is 6.89. The maximum absolute atomic E-state index is 12.1. The van der Waals surface area contributed by atoms with Gasteiger partial charge < -0.3 is 10.1 Å². The molecule has 1 aliphatic carbocycles. The summed E-state index contributed by atoms with van der Waals surface area (Å²) in [6, 6.07) is 0.776. The van der Waals surface area contributed by atoms with Crippen LogP contribution in [0.15, 0.2) is 0 Å². The molecule has 0 aromatic rings. The van der Waals surface area contributed by atoms with Gasteiger partial charge in [-0.3, -0.25) is 0 Å². The molecule has 1 N–H and O–H groups in total. The largest absolute Gasteiger partial charge is 0.411 e. The molecule has 1 aliphatic rings. The minimum Gasteiger partial charge on any atom is -0.369 e. The van der Waals surface area contributed by atoms with Gasteiger partial charge in [-0.25, -0.2) is 0 Å². The Bertz CT molecular complexity index is 229. The van der Waals surface area contributed by atoms with Crippen LogP contribution in [0, 0.1) is 0 Å². The lowest BCUT2D eigenvalue weighted by atomic mass is 9.92. The van der Waals surface area contributed by atoms with Crippen LogP contribution in [0.25, 0.3) is 0 Å². The number of alkyl halides is 3. The third-order valence-electron chi connectivity index (χ3n) is 3.57. The molecular weight excluding hydrogens is 243 g/mol. The Balaban J connectivity index is 2.32. The normalized spacial score (nSPS) is 25.7. The SMILES string of the molecule is CCC(CC)NC1CCCC(OCC(F)(F)F)C1. The first kappa shape index (κ1) is 15.8. The molecule has 0 aromatic carbocycles. The molecule has 0 heterocycles. The van der Waals surface area contributed by atoms with Crippen LogP contribution in [0.5, 0.6) is 0 Å². The summed E-state index contributed by atoms with van der Waals surface area (Å²) < 4.78 is 41.2. The van der Waals surface area contributed by atoms with Crippen molar-refractivity contribution in [1.29, 1.82) is 0 Å². The summed E-state index contributed by atoms with van der Waals surface area (Å²) in [4.78, 5) is 0. The number of rotatable bonds is 6. The molecule has 2 atom stereocenters. The van der Waals surface area contributed by atoms with Crippen molar-refractivity contribution in [1.82, 2.24) is 5.32 Å². The summed E-state index contributed by atoms with van der Waals surface area (Å²) in [6.07, 6.45) is 1.09. The van der Waals surface area contributed by atoms with Gasteiger partial charge in [-0.05, 0) is 38.5 Å². The van der Waals surface area contributed by atoms with Crippen molar-refractivity contribution in [2.45, 2.75) is 76.7 Å². The summed E-state index contributed by atoms with van der Waals surface area (Å²) >= 11 is 0. The van der Waals surface area contributed by atoms with Gasteiger partial charge in [-0.2, -0.15) is 13.2 Å². The Labute approximate surface area is 107 Å². The fourth-order valence-electron chi connectivity index (χ4n) is 2.52. The van der Waals surface area contributed by atoms with Gasteiger partial charge in [0.25, 0.3) is 0 Å². The van der Waals surface area contributed by atoms with E-state index in [1.807, 2.05) is 0 Å². The molecule has 0 aromatic heterocycles. The number of ether oxygens (including phenoxy) is 1. The lowest BCUT2D eigenvalue weighted by molar-refractivity contribution is -0.188. The van der Waals surface area contributed by atoms with Gasteiger partial charge in [0.1, 0.15) is 6.61 Å². The number of halogens is 3. The average molecular weight is 267 g/mol. The third kappa shape index (κ3) is 6.05. The van der Waals surface area contributed by atoms with E-state index in [4.69, 9.17) is 4.74 Å². The minimum absolute atomic E-state index is 0.243. The summed E-state index contributed by atoms with van der Waals surface area (Å²) in [6.45, 7) is 3.14. The van der Waals surface area contributed by atoms with E-state index in [0.717, 1.165) is 32.1 Å². The van der Waals surface area contributed by atoms with Gasteiger partial charge in [0, 0.05) is 12.1 Å². The zero-order valence-electron chi connectivity index (χ0n) is 11.2. The molecular formula is C13H24F3NO. The first-order chi connectivity index (χ1) is 8.44. The van der Waals surface area contributed by atoms with Crippen molar-refractivity contribution in [2.24, 2.45) is 0 Å². The van der Waals surface area contributed by atoms with Crippen molar-refractivity contribution in [3.63, 3.8) is 0 Å². The molecule has 0 bridgehead atoms. The van der Waals surface area contributed by atoms with Gasteiger partial charge in [-0.15, -0.1) is 0 Å². The van der Waals surface area contributed by atoms with Crippen LogP contribution in [-0.2, 0) is 4.74 Å². The highest BCUT2D eigenvalue weighted by Gasteiger charge is 2.31. The van der Waals surface area contributed by atoms with E-state index in [9.17, 15) is 13.2 Å². The highest BCUT2D eigenvalue weighted by molar-refractivity contribution is 4.81. The minimum atomic E-state index is -4.21. The Kier molecular flexibility index (Phi) is 6.43. The topological polar surface area (TPSA) is 21.3 Å². The van der Waals surface area contributed by atoms with Crippen LogP contribution in [0.2, 0.25) is 0 Å². The standard InChI is InChI=1S/C13H24F3NO/c1-3-10(4-2)17-11-6-5-7-12(8-11)18-9-13(14,15)16/h10-12,17H,3-9H2,1-2H3. The predicted octanol–water partition coefficient (Wildman–Crippen LogP) is 3.65. The van der Waals surface area contributed by atoms with Crippen LogP contribution in [0.3, 0.4) is 0 Å². The Morgan fingerprint density at radius 3 is 2.44 bits per heavy atom. The maximum atomic E-state index is 12.1. The van der Waals surface area contributed by atoms with E-state index < -0.39 is 12.8 Å². The summed E-state index contributed by atoms with van der Waals surface area (Å²) in [5, 5.41) is 3.52. The number of hydrogen-bond acceptors (Lipinski definition) is 2. The second-order valence-electron chi connectivity index (χ2n) is 5.09. The average Bonchev–Trinajstić information content (AvgIpc) is 2.33. The fraction of sp³-hybridized carbons (Fsp3) is 1.00. The molecule has 0 radical (unpaired) electrons. The molecule has 2 unspecified atom stereocenters. The molecule has 1 fully saturated rings. The smallest absolute Gasteiger partial charge is 0.369 e. The van der Waals surface area contributed by atoms with Gasteiger partial charge in [0.15, 0.2) is 0 Å². The fourth-order valence-corrected chi connectivity index (χ4v) is 2.52. The molecule has 1 rings (SSSR count). The number of hydrogen-bond donors (Lipinski definition) is 1. The van der Waals surface area contributed by atoms with Crippen molar-refractivity contribution >= 4 is 0 Å². The first-order valence-corrected chi connectivity index (χ1v) is 6.89. The van der Waals surface area contributed by atoms with E-state index in [1.165, 1.54) is 0 Å². The predicted molar refractivity (Wildman–Crippen MR) is 65.6 cm³/mol. The van der Waals surface area contributed by atoms with E-state index in [2.05, 4.69) is 19.2 Å². The molecule has 0 aliphatic heterocycles. The summed E-state index contributed by atoms with van der Waals surface area (Å²) in [5.74, 6) is 0. The van der Waals surface area contributed by atoms with Crippen molar-refractivity contribution in [3.05, 3.63) is 0 Å². The number of nitrogens with one attached hydrogen (secondary N) is 1. The molecule has 18 heavy (non-hydrogen) atoms. The van der Waals surface area contributed by atoms with Crippen molar-refractivity contribution in [2.75, 3.05) is 6.61 Å². The van der Waals surface area contributed by atoms with Gasteiger partial charge in [0.05, 0.1) is 6.10 Å². The summed E-state index contributed by atoms with van der Waals surface area (Å²) in [7, 11) is 0. The van der Waals surface area contributed by atoms with Gasteiger partial charge >= 0.3 is 6.18 Å². The maximum Gasteiger partial charge on any atom is 0.411 e. The van der Waals surface area contributed by atoms with E-state index >= 15 is 0 Å². The van der Waals surface area contributed by atoms with E-state index in [1.54, 1.807) is 0 Å². The van der Waals surface area contributed by atoms with Crippen molar-refractivity contribution in [3.8, 4) is 0 Å². The van der Waals surface area contributed by atoms with Crippen LogP contribution >= 0.6 is 0 Å². The van der Waals surface area contributed by atoms with E-state index in [0.29, 0.717) is 18.5 Å². The molecule has 0 spiro atoms. The van der Waals surface area contributed by atoms with Crippen LogP contribution < -0.4 is 5.32 Å². The quantitative estimate of drug-likeness (QED) is 0.793. The second kappa shape index (κ2) is 7.34. The van der Waals surface area contributed by atoms with Gasteiger partial charge in [0.2, 0.25) is 0 Å². The zero-order valence-corrected chi connectivity index (χ0v) is 11.2. The zero-order chi connectivity index (χ0) is 13.6. The molecule has 0 amide bonds. The molecule has 5 heteroatoms. The molecule has 0 saturated heterocycles. The molecule has 1 saturated carbocycles. The molecule has 2 nitrogen and oxygen atoms in total. The van der Waals surface area contributed by atoms with Crippen LogP contribution in [-0.4, -0.2) is 31.0 Å². The summed E-state index contributed by atoms with van der Waals surface area (Å²) in [5.41, 5.74) is 0. The van der Waals surface area contributed by atoms with Gasteiger partial charge in [-0.1, -0.05) is 13.8 Å². The monoisotopic (exact) mass is 267 g/mol. The van der Waals surface area contributed by atoms with E-state index in [-0.39, 0.29) is 6.10 Å².